The van der Waals surface area contributed by atoms with Crippen molar-refractivity contribution in [1.29, 1.82) is 0 Å². The van der Waals surface area contributed by atoms with Gasteiger partial charge >= 0.3 is 12.2 Å². The number of carbonyl (C=O) groups excluding carboxylic acids is 2. The number of hydrogen-bond acceptors (Lipinski definition) is 6. The van der Waals surface area contributed by atoms with E-state index in [-0.39, 0.29) is 13.2 Å². The van der Waals surface area contributed by atoms with Crippen molar-refractivity contribution in [3.05, 3.63) is 47.5 Å². The van der Waals surface area contributed by atoms with Crippen LogP contribution in [0.4, 0.5) is 21.0 Å². The molecule has 0 saturated heterocycles. The minimum absolute atomic E-state index is 0.282. The number of guanidine groups is 2. The minimum atomic E-state index is -0.552. The van der Waals surface area contributed by atoms with Crippen LogP contribution in [0.25, 0.3) is 11.1 Å². The summed E-state index contributed by atoms with van der Waals surface area (Å²) in [5.74, 6) is 0.675. The van der Waals surface area contributed by atoms with Gasteiger partial charge in [-0.1, -0.05) is 12.1 Å². The van der Waals surface area contributed by atoms with E-state index in [1.54, 1.807) is 13.8 Å². The van der Waals surface area contributed by atoms with Gasteiger partial charge in [-0.15, -0.1) is 0 Å². The lowest BCUT2D eigenvalue weighted by atomic mass is 10.1. The summed E-state index contributed by atoms with van der Waals surface area (Å²) in [5, 5.41) is 11.6. The van der Waals surface area contributed by atoms with Crippen LogP contribution in [0.1, 0.15) is 38.8 Å². The van der Waals surface area contributed by atoms with Gasteiger partial charge in [0.15, 0.2) is 0 Å². The Balaban J connectivity index is 1.73. The Morgan fingerprint density at radius 1 is 0.743 bits per heavy atom. The topological polar surface area (TPSA) is 125 Å². The number of fused-ring (bicyclic) bond motifs is 3. The van der Waals surface area contributed by atoms with Crippen LogP contribution in [-0.4, -0.2) is 50.4 Å². The molecule has 0 bridgehead atoms. The molecule has 0 unspecified atom stereocenters. The van der Waals surface area contributed by atoms with Crippen molar-refractivity contribution in [3.8, 4) is 11.1 Å². The molecule has 0 aliphatic heterocycles. The van der Waals surface area contributed by atoms with Crippen LogP contribution in [0.2, 0.25) is 0 Å². The fraction of sp³-hybridized carbons (Fsp3) is 0.360. The highest BCUT2D eigenvalue weighted by Gasteiger charge is 2.20. The Kier molecular flexibility index (Phi) is 9.05. The quantitative estimate of drug-likeness (QED) is 0.307. The average molecular weight is 481 g/mol. The molecule has 0 aromatic heterocycles. The highest BCUT2D eigenvalue weighted by molar-refractivity contribution is 6.03. The van der Waals surface area contributed by atoms with Crippen LogP contribution in [0, 0.1) is 0 Å². The van der Waals surface area contributed by atoms with Crippen molar-refractivity contribution in [2.24, 2.45) is 9.98 Å². The first-order chi connectivity index (χ1) is 17.0. The summed E-state index contributed by atoms with van der Waals surface area (Å²) >= 11 is 0. The summed E-state index contributed by atoms with van der Waals surface area (Å²) in [6.45, 7) is 8.85. The molecular weight excluding hydrogens is 448 g/mol. The van der Waals surface area contributed by atoms with E-state index in [0.29, 0.717) is 25.0 Å². The third kappa shape index (κ3) is 6.95. The van der Waals surface area contributed by atoms with Gasteiger partial charge in [-0.05, 0) is 80.6 Å². The third-order valence-corrected chi connectivity index (χ3v) is 5.03. The molecule has 1 aliphatic carbocycles. The number of alkyl carbamates (subject to hydrolysis) is 2. The predicted molar refractivity (Wildman–Crippen MR) is 138 cm³/mol. The summed E-state index contributed by atoms with van der Waals surface area (Å²) < 4.78 is 9.89. The molecule has 0 spiro atoms. The van der Waals surface area contributed by atoms with Gasteiger partial charge in [-0.3, -0.25) is 20.6 Å². The molecule has 0 radical (unpaired) electrons. The normalized spacial score (nSPS) is 12.3. The summed E-state index contributed by atoms with van der Waals surface area (Å²) in [4.78, 5) is 32.2. The second-order valence-corrected chi connectivity index (χ2v) is 7.51. The molecule has 0 saturated carbocycles. The number of benzene rings is 2. The zero-order chi connectivity index (χ0) is 25.2. The van der Waals surface area contributed by atoms with E-state index >= 15 is 0 Å². The van der Waals surface area contributed by atoms with E-state index < -0.39 is 12.2 Å². The second kappa shape index (κ2) is 12.4. The van der Waals surface area contributed by atoms with E-state index in [1.807, 2.05) is 38.1 Å². The molecule has 0 fully saturated rings. The largest absolute Gasteiger partial charge is 0.450 e. The van der Waals surface area contributed by atoms with E-state index in [4.69, 9.17) is 9.47 Å². The highest BCUT2D eigenvalue weighted by atomic mass is 16.6. The molecule has 4 N–H and O–H groups in total. The molecule has 10 nitrogen and oxygen atoms in total. The second-order valence-electron chi connectivity index (χ2n) is 7.51. The van der Waals surface area contributed by atoms with E-state index in [2.05, 4.69) is 43.4 Å². The standard InChI is InChI=1S/C25H32N6O4/c1-5-26-22(30-24(32)34-7-3)28-18-9-11-20-16(14-18)13-17-15-19(10-12-21(17)20)29-23(27-6-2)31-25(33)35-8-4/h9-12,14-15H,5-8,13H2,1-4H3,(H2,26,28,30,32)(H2,27,29,31,33). The van der Waals surface area contributed by atoms with E-state index in [9.17, 15) is 9.59 Å². The van der Waals surface area contributed by atoms with Crippen LogP contribution in [0.3, 0.4) is 0 Å². The monoisotopic (exact) mass is 480 g/mol. The van der Waals surface area contributed by atoms with Crippen molar-refractivity contribution in [2.75, 3.05) is 36.9 Å². The van der Waals surface area contributed by atoms with E-state index in [0.717, 1.165) is 40.0 Å². The van der Waals surface area contributed by atoms with Gasteiger partial charge in [0.25, 0.3) is 0 Å². The van der Waals surface area contributed by atoms with Gasteiger partial charge in [-0.2, -0.15) is 0 Å². The molecule has 3 rings (SSSR count). The summed E-state index contributed by atoms with van der Waals surface area (Å²) in [5.41, 5.74) is 6.24. The number of anilines is 2. The number of amides is 2. The first kappa shape index (κ1) is 25.5. The van der Waals surface area contributed by atoms with Crippen LogP contribution in [0.5, 0.6) is 0 Å². The lowest BCUT2D eigenvalue weighted by Gasteiger charge is -2.12. The maximum absolute atomic E-state index is 11.8. The van der Waals surface area contributed by atoms with Crippen LogP contribution >= 0.6 is 0 Å². The summed E-state index contributed by atoms with van der Waals surface area (Å²) in [6.07, 6.45) is -0.360. The van der Waals surface area contributed by atoms with Gasteiger partial charge in [-0.25, -0.2) is 9.59 Å². The molecular formula is C25H32N6O4. The number of carbonyl (C=O) groups is 2. The van der Waals surface area contributed by atoms with Gasteiger partial charge in [0.2, 0.25) is 11.9 Å². The minimum Gasteiger partial charge on any atom is -0.450 e. The Morgan fingerprint density at radius 2 is 1.17 bits per heavy atom. The molecule has 10 heteroatoms. The third-order valence-electron chi connectivity index (χ3n) is 5.03. The first-order valence-corrected chi connectivity index (χ1v) is 11.7. The highest BCUT2D eigenvalue weighted by Crippen LogP contribution is 2.39. The first-order valence-electron chi connectivity index (χ1n) is 11.7. The van der Waals surface area contributed by atoms with Gasteiger partial charge in [0.05, 0.1) is 13.2 Å². The SMILES string of the molecule is CCN=C(NC(=O)OCC)Nc1ccc2c(c1)Cc1cc(NC(=NCC)NC(=O)OCC)ccc1-2. The molecule has 1 aliphatic rings. The molecule has 2 amide bonds. The van der Waals surface area contributed by atoms with Crippen molar-refractivity contribution >= 4 is 35.5 Å². The molecule has 186 valence electrons. The molecule has 0 heterocycles. The Morgan fingerprint density at radius 3 is 1.54 bits per heavy atom. The lowest BCUT2D eigenvalue weighted by Crippen LogP contribution is -2.36. The van der Waals surface area contributed by atoms with Gasteiger partial charge < -0.3 is 20.1 Å². The smallest absolute Gasteiger partial charge is 0.413 e. The molecule has 2 aromatic carbocycles. The number of hydrogen-bond donors (Lipinski definition) is 4. The van der Waals surface area contributed by atoms with Gasteiger partial charge in [0, 0.05) is 24.5 Å². The summed E-state index contributed by atoms with van der Waals surface area (Å²) in [7, 11) is 0. The maximum Gasteiger partial charge on any atom is 0.413 e. The number of rotatable bonds is 6. The van der Waals surface area contributed by atoms with Crippen LogP contribution < -0.4 is 21.3 Å². The van der Waals surface area contributed by atoms with Crippen LogP contribution in [0.15, 0.2) is 46.4 Å². The maximum atomic E-state index is 11.8. The number of nitrogens with zero attached hydrogens (tertiary/aromatic N) is 2. The zero-order valence-corrected chi connectivity index (χ0v) is 20.5. The number of aliphatic imine (C=N–C) groups is 2. The Hall–Kier alpha value is -4.08. The molecule has 0 atom stereocenters. The summed E-state index contributed by atoms with van der Waals surface area (Å²) in [6, 6.07) is 12.1. The van der Waals surface area contributed by atoms with Crippen molar-refractivity contribution < 1.29 is 19.1 Å². The van der Waals surface area contributed by atoms with Crippen LogP contribution in [-0.2, 0) is 15.9 Å². The molecule has 35 heavy (non-hydrogen) atoms. The lowest BCUT2D eigenvalue weighted by molar-refractivity contribution is 0.156. The number of nitrogens with one attached hydrogen (secondary N) is 4. The average Bonchev–Trinajstić information content (AvgIpc) is 3.16. The predicted octanol–water partition coefficient (Wildman–Crippen LogP) is 4.33. The van der Waals surface area contributed by atoms with E-state index in [1.165, 1.54) is 0 Å². The van der Waals surface area contributed by atoms with Gasteiger partial charge in [0.1, 0.15) is 0 Å². The van der Waals surface area contributed by atoms with Crippen molar-refractivity contribution in [1.82, 2.24) is 10.6 Å². The van der Waals surface area contributed by atoms with Crippen molar-refractivity contribution in [3.63, 3.8) is 0 Å². The fourth-order valence-electron chi connectivity index (χ4n) is 3.70. The number of ether oxygens (including phenoxy) is 2. The zero-order valence-electron chi connectivity index (χ0n) is 20.5. The molecule has 2 aromatic rings. The Bertz CT molecular complexity index is 1040. The fourth-order valence-corrected chi connectivity index (χ4v) is 3.70. The van der Waals surface area contributed by atoms with Crippen molar-refractivity contribution in [2.45, 2.75) is 34.1 Å². The Labute approximate surface area is 205 Å².